The summed E-state index contributed by atoms with van der Waals surface area (Å²) in [7, 11) is 0. The average Bonchev–Trinajstić information content (AvgIpc) is 3.18. The van der Waals surface area contributed by atoms with Crippen LogP contribution in [0.1, 0.15) is 23.0 Å². The van der Waals surface area contributed by atoms with Crippen molar-refractivity contribution in [2.75, 3.05) is 6.26 Å². The van der Waals surface area contributed by atoms with Crippen LogP contribution in [0.2, 0.25) is 5.02 Å². The van der Waals surface area contributed by atoms with Crippen molar-refractivity contribution in [3.8, 4) is 5.69 Å². The van der Waals surface area contributed by atoms with Gasteiger partial charge in [0.25, 0.3) is 5.91 Å². The Labute approximate surface area is 178 Å². The number of halogens is 1. The molecule has 1 atom stereocenters. The summed E-state index contributed by atoms with van der Waals surface area (Å²) in [4.78, 5) is 29.4. The van der Waals surface area contributed by atoms with Crippen LogP contribution in [0.3, 0.4) is 0 Å². The molecule has 1 heterocycles. The number of esters is 1. The van der Waals surface area contributed by atoms with Crippen LogP contribution in [0.15, 0.2) is 66.0 Å². The number of para-hydroxylation sites is 1. The number of ether oxygens (including phenoxy) is 1. The molecule has 0 bridgehead atoms. The van der Waals surface area contributed by atoms with Gasteiger partial charge in [0.05, 0.1) is 6.20 Å². The van der Waals surface area contributed by atoms with Gasteiger partial charge in [-0.3, -0.25) is 9.36 Å². The summed E-state index contributed by atoms with van der Waals surface area (Å²) in [5, 5.41) is 3.95. The molecule has 1 aromatic heterocycles. The fraction of sp³-hybridized carbons (Fsp3) is 0.190. The van der Waals surface area contributed by atoms with E-state index in [9.17, 15) is 9.59 Å². The zero-order valence-electron chi connectivity index (χ0n) is 16.0. The van der Waals surface area contributed by atoms with Gasteiger partial charge in [0.2, 0.25) is 0 Å². The SMILES string of the molecule is CSc1ncc(C(=O)OC(C)C(=O)NCc2ccccc2Cl)n1-c1ccccc1. The van der Waals surface area contributed by atoms with Crippen LogP contribution in [0.4, 0.5) is 0 Å². The second kappa shape index (κ2) is 9.62. The van der Waals surface area contributed by atoms with Gasteiger partial charge in [-0.25, -0.2) is 9.78 Å². The number of nitrogens with zero attached hydrogens (tertiary/aromatic N) is 2. The number of rotatable bonds is 7. The van der Waals surface area contributed by atoms with E-state index in [4.69, 9.17) is 16.3 Å². The number of imidazole rings is 1. The van der Waals surface area contributed by atoms with Crippen LogP contribution in [-0.4, -0.2) is 33.8 Å². The first-order chi connectivity index (χ1) is 14.0. The zero-order valence-corrected chi connectivity index (χ0v) is 17.5. The standard InChI is InChI=1S/C21H20ClN3O3S/c1-14(19(26)23-12-15-8-6-7-11-17(15)22)28-20(27)18-13-24-21(29-2)25(18)16-9-4-3-5-10-16/h3-11,13-14H,12H2,1-2H3,(H,23,26). The van der Waals surface area contributed by atoms with Gasteiger partial charge in [0, 0.05) is 17.3 Å². The first-order valence-corrected chi connectivity index (χ1v) is 10.5. The van der Waals surface area contributed by atoms with E-state index in [0.717, 1.165) is 11.3 Å². The second-order valence-electron chi connectivity index (χ2n) is 6.16. The van der Waals surface area contributed by atoms with Gasteiger partial charge in [0.1, 0.15) is 0 Å². The summed E-state index contributed by atoms with van der Waals surface area (Å²) >= 11 is 7.51. The molecule has 3 aromatic rings. The minimum Gasteiger partial charge on any atom is -0.448 e. The molecular formula is C21H20ClN3O3S. The number of amides is 1. The predicted octanol–water partition coefficient (Wildman–Crippen LogP) is 4.11. The number of carbonyl (C=O) groups excluding carboxylic acids is 2. The molecule has 8 heteroatoms. The molecule has 150 valence electrons. The van der Waals surface area contributed by atoms with Gasteiger partial charge < -0.3 is 10.1 Å². The highest BCUT2D eigenvalue weighted by Gasteiger charge is 2.23. The Morgan fingerprint density at radius 3 is 2.55 bits per heavy atom. The Hall–Kier alpha value is -2.77. The lowest BCUT2D eigenvalue weighted by Crippen LogP contribution is -2.35. The first kappa shape index (κ1) is 21.0. The minimum absolute atomic E-state index is 0.249. The van der Waals surface area contributed by atoms with Gasteiger partial charge in [-0.2, -0.15) is 0 Å². The summed E-state index contributed by atoms with van der Waals surface area (Å²) in [5.41, 5.74) is 1.83. The summed E-state index contributed by atoms with van der Waals surface area (Å²) in [6.07, 6.45) is 2.36. The van der Waals surface area contributed by atoms with Crippen LogP contribution < -0.4 is 5.32 Å². The lowest BCUT2D eigenvalue weighted by atomic mass is 10.2. The average molecular weight is 430 g/mol. The number of nitrogens with one attached hydrogen (secondary N) is 1. The number of carbonyl (C=O) groups is 2. The Balaban J connectivity index is 1.69. The third kappa shape index (κ3) is 4.99. The monoisotopic (exact) mass is 429 g/mol. The van der Waals surface area contributed by atoms with Crippen molar-refractivity contribution < 1.29 is 14.3 Å². The summed E-state index contributed by atoms with van der Waals surface area (Å²) < 4.78 is 7.09. The lowest BCUT2D eigenvalue weighted by molar-refractivity contribution is -0.129. The maximum absolute atomic E-state index is 12.7. The van der Waals surface area contributed by atoms with Crippen molar-refractivity contribution in [3.63, 3.8) is 0 Å². The summed E-state index contributed by atoms with van der Waals surface area (Å²) in [6, 6.07) is 16.6. The molecule has 1 N–H and O–H groups in total. The molecule has 29 heavy (non-hydrogen) atoms. The Morgan fingerprint density at radius 2 is 1.86 bits per heavy atom. The van der Waals surface area contributed by atoms with Crippen molar-refractivity contribution in [3.05, 3.63) is 77.1 Å². The molecule has 3 rings (SSSR count). The third-order valence-corrected chi connectivity index (χ3v) is 5.22. The van der Waals surface area contributed by atoms with Crippen molar-refractivity contribution in [2.45, 2.75) is 24.7 Å². The maximum atomic E-state index is 12.7. The molecule has 0 saturated carbocycles. The summed E-state index contributed by atoms with van der Waals surface area (Å²) in [5.74, 6) is -1.03. The fourth-order valence-corrected chi connectivity index (χ4v) is 3.44. The van der Waals surface area contributed by atoms with Crippen molar-refractivity contribution in [1.29, 1.82) is 0 Å². The normalized spacial score (nSPS) is 11.7. The maximum Gasteiger partial charge on any atom is 0.357 e. The predicted molar refractivity (Wildman–Crippen MR) is 114 cm³/mol. The van der Waals surface area contributed by atoms with Gasteiger partial charge in [0.15, 0.2) is 17.0 Å². The first-order valence-electron chi connectivity index (χ1n) is 8.90. The quantitative estimate of drug-likeness (QED) is 0.452. The van der Waals surface area contributed by atoms with Crippen LogP contribution in [0.5, 0.6) is 0 Å². The Morgan fingerprint density at radius 1 is 1.17 bits per heavy atom. The second-order valence-corrected chi connectivity index (χ2v) is 7.34. The van der Waals surface area contributed by atoms with E-state index in [-0.39, 0.29) is 12.2 Å². The zero-order chi connectivity index (χ0) is 20.8. The molecule has 1 unspecified atom stereocenters. The summed E-state index contributed by atoms with van der Waals surface area (Å²) in [6.45, 7) is 1.78. The van der Waals surface area contributed by atoms with Gasteiger partial charge >= 0.3 is 5.97 Å². The van der Waals surface area contributed by atoms with Crippen LogP contribution in [0.25, 0.3) is 5.69 Å². The number of hydrogen-bond acceptors (Lipinski definition) is 5. The highest BCUT2D eigenvalue weighted by Crippen LogP contribution is 2.22. The highest BCUT2D eigenvalue weighted by molar-refractivity contribution is 7.98. The van der Waals surface area contributed by atoms with E-state index in [2.05, 4.69) is 10.3 Å². The molecule has 0 radical (unpaired) electrons. The molecule has 0 aliphatic carbocycles. The molecule has 0 fully saturated rings. The Bertz CT molecular complexity index is 1010. The van der Waals surface area contributed by atoms with E-state index in [1.54, 1.807) is 10.6 Å². The number of aromatic nitrogens is 2. The van der Waals surface area contributed by atoms with Crippen molar-refractivity contribution in [2.24, 2.45) is 0 Å². The lowest BCUT2D eigenvalue weighted by Gasteiger charge is -2.15. The van der Waals surface area contributed by atoms with E-state index in [1.807, 2.05) is 54.8 Å². The Kier molecular flexibility index (Phi) is 6.95. The molecule has 0 spiro atoms. The molecule has 0 aliphatic heterocycles. The molecule has 0 aliphatic rings. The molecule has 6 nitrogen and oxygen atoms in total. The van der Waals surface area contributed by atoms with Crippen molar-refractivity contribution in [1.82, 2.24) is 14.9 Å². The molecular weight excluding hydrogens is 410 g/mol. The number of benzene rings is 2. The molecule has 2 aromatic carbocycles. The highest BCUT2D eigenvalue weighted by atomic mass is 35.5. The smallest absolute Gasteiger partial charge is 0.357 e. The third-order valence-electron chi connectivity index (χ3n) is 4.20. The molecule has 1 amide bonds. The van der Waals surface area contributed by atoms with Gasteiger partial charge in [-0.05, 0) is 36.9 Å². The van der Waals surface area contributed by atoms with E-state index in [1.165, 1.54) is 24.9 Å². The van der Waals surface area contributed by atoms with E-state index >= 15 is 0 Å². The van der Waals surface area contributed by atoms with Crippen LogP contribution >= 0.6 is 23.4 Å². The topological polar surface area (TPSA) is 73.2 Å². The number of thioether (sulfide) groups is 1. The fourth-order valence-electron chi connectivity index (χ4n) is 2.69. The van der Waals surface area contributed by atoms with Gasteiger partial charge in [-0.15, -0.1) is 0 Å². The minimum atomic E-state index is -0.971. The van der Waals surface area contributed by atoms with Gasteiger partial charge in [-0.1, -0.05) is 59.8 Å². The van der Waals surface area contributed by atoms with Crippen LogP contribution in [-0.2, 0) is 16.1 Å². The van der Waals surface area contributed by atoms with Crippen molar-refractivity contribution >= 4 is 35.2 Å². The molecule has 0 saturated heterocycles. The largest absolute Gasteiger partial charge is 0.448 e. The van der Waals surface area contributed by atoms with E-state index < -0.39 is 18.0 Å². The van der Waals surface area contributed by atoms with E-state index in [0.29, 0.717) is 10.2 Å². The van der Waals surface area contributed by atoms with Crippen LogP contribution in [0, 0.1) is 0 Å². The number of hydrogen-bond donors (Lipinski definition) is 1.